The van der Waals surface area contributed by atoms with Gasteiger partial charge in [-0.05, 0) is 75.9 Å². The fourth-order valence-electron chi connectivity index (χ4n) is 3.81. The lowest BCUT2D eigenvalue weighted by Crippen LogP contribution is -2.57. The first kappa shape index (κ1) is 22.2. The fourth-order valence-corrected chi connectivity index (χ4v) is 3.93. The van der Waals surface area contributed by atoms with Gasteiger partial charge in [-0.15, -0.1) is 0 Å². The number of rotatable bonds is 5. The molecule has 1 aliphatic rings. The van der Waals surface area contributed by atoms with Crippen molar-refractivity contribution in [2.24, 2.45) is 0 Å². The van der Waals surface area contributed by atoms with Crippen LogP contribution in [-0.2, 0) is 4.79 Å². The van der Waals surface area contributed by atoms with Crippen LogP contribution in [0, 0.1) is 0 Å². The van der Waals surface area contributed by atoms with Crippen molar-refractivity contribution in [3.8, 4) is 5.75 Å². The Morgan fingerprint density at radius 3 is 2.40 bits per heavy atom. The predicted molar refractivity (Wildman–Crippen MR) is 120 cm³/mol. The molecule has 0 spiro atoms. The minimum Gasteiger partial charge on any atom is -0.478 e. The number of amides is 3. The summed E-state index contributed by atoms with van der Waals surface area (Å²) in [5.74, 6) is 0.108. The van der Waals surface area contributed by atoms with Crippen molar-refractivity contribution >= 4 is 29.2 Å². The predicted octanol–water partition coefficient (Wildman–Crippen LogP) is 5.92. The molecular formula is C24H29ClN2O3. The van der Waals surface area contributed by atoms with Gasteiger partial charge in [0.2, 0.25) is 0 Å². The molecule has 0 N–H and O–H groups in total. The smallest absolute Gasteiger partial charge is 0.331 e. The molecule has 2 aromatic rings. The van der Waals surface area contributed by atoms with E-state index in [0.29, 0.717) is 23.0 Å². The molecule has 0 aromatic heterocycles. The molecule has 0 radical (unpaired) electrons. The van der Waals surface area contributed by atoms with Gasteiger partial charge in [-0.1, -0.05) is 36.7 Å². The zero-order valence-electron chi connectivity index (χ0n) is 17.8. The highest BCUT2D eigenvalue weighted by atomic mass is 35.5. The van der Waals surface area contributed by atoms with E-state index in [0.717, 1.165) is 25.7 Å². The first-order valence-corrected chi connectivity index (χ1v) is 10.9. The van der Waals surface area contributed by atoms with E-state index in [1.165, 1.54) is 4.90 Å². The van der Waals surface area contributed by atoms with Crippen LogP contribution in [0.2, 0.25) is 5.02 Å². The number of ether oxygens (including phenoxy) is 1. The third-order valence-corrected chi connectivity index (χ3v) is 5.71. The van der Waals surface area contributed by atoms with Crippen LogP contribution in [0.4, 0.5) is 10.5 Å². The second kappa shape index (κ2) is 9.52. The Hall–Kier alpha value is -2.53. The third-order valence-electron chi connectivity index (χ3n) is 5.45. The number of carbonyl (C=O) groups is 2. The minimum absolute atomic E-state index is 0.144. The molecule has 1 fully saturated rings. The molecule has 6 heteroatoms. The Morgan fingerprint density at radius 2 is 1.77 bits per heavy atom. The maximum atomic E-state index is 13.6. The number of hydrogen-bond donors (Lipinski definition) is 0. The zero-order valence-corrected chi connectivity index (χ0v) is 18.6. The average molecular weight is 429 g/mol. The van der Waals surface area contributed by atoms with Gasteiger partial charge >= 0.3 is 6.03 Å². The van der Waals surface area contributed by atoms with Crippen LogP contribution in [0.5, 0.6) is 5.75 Å². The summed E-state index contributed by atoms with van der Waals surface area (Å²) in [5, 5.41) is 0.586. The Morgan fingerprint density at radius 1 is 1.10 bits per heavy atom. The summed E-state index contributed by atoms with van der Waals surface area (Å²) in [5.41, 5.74) is -0.711. The molecule has 3 rings (SSSR count). The quantitative estimate of drug-likeness (QED) is 0.594. The summed E-state index contributed by atoms with van der Waals surface area (Å²) in [4.78, 5) is 30.4. The number of imide groups is 1. The summed E-state index contributed by atoms with van der Waals surface area (Å²) in [6.07, 6.45) is 3.88. The fraction of sp³-hybridized carbons (Fsp3) is 0.417. The third kappa shape index (κ3) is 4.96. The van der Waals surface area contributed by atoms with Gasteiger partial charge in [0.1, 0.15) is 5.75 Å². The molecule has 1 aliphatic heterocycles. The van der Waals surface area contributed by atoms with Gasteiger partial charge in [-0.2, -0.15) is 0 Å². The van der Waals surface area contributed by atoms with Crippen LogP contribution in [0.25, 0.3) is 0 Å². The summed E-state index contributed by atoms with van der Waals surface area (Å²) in [7, 11) is 0. The second-order valence-electron chi connectivity index (χ2n) is 8.08. The molecule has 1 unspecified atom stereocenters. The van der Waals surface area contributed by atoms with Gasteiger partial charge < -0.3 is 9.64 Å². The van der Waals surface area contributed by atoms with E-state index in [2.05, 4.69) is 6.92 Å². The molecule has 5 nitrogen and oxygen atoms in total. The SMILES string of the molecule is CCC1CCCCN1C(=O)N(C(=O)C(C)(C)Oc1ccc(Cl)cc1)c1ccccc1. The largest absolute Gasteiger partial charge is 0.478 e. The summed E-state index contributed by atoms with van der Waals surface area (Å²) in [6, 6.07) is 15.8. The molecule has 2 aromatic carbocycles. The van der Waals surface area contributed by atoms with Gasteiger partial charge in [0.15, 0.2) is 5.60 Å². The van der Waals surface area contributed by atoms with Crippen molar-refractivity contribution in [3.05, 3.63) is 59.6 Å². The van der Waals surface area contributed by atoms with Crippen molar-refractivity contribution in [1.29, 1.82) is 0 Å². The van der Waals surface area contributed by atoms with Gasteiger partial charge in [0.25, 0.3) is 5.91 Å². The van der Waals surface area contributed by atoms with Crippen LogP contribution >= 0.6 is 11.6 Å². The van der Waals surface area contributed by atoms with Crippen LogP contribution in [-0.4, -0.2) is 35.0 Å². The van der Waals surface area contributed by atoms with Crippen molar-refractivity contribution in [3.63, 3.8) is 0 Å². The van der Waals surface area contributed by atoms with Crippen LogP contribution < -0.4 is 9.64 Å². The first-order valence-electron chi connectivity index (χ1n) is 10.5. The van der Waals surface area contributed by atoms with E-state index in [4.69, 9.17) is 16.3 Å². The first-order chi connectivity index (χ1) is 14.3. The standard InChI is InChI=1S/C24H29ClN2O3/c1-4-19-10-8-9-17-26(19)23(29)27(20-11-6-5-7-12-20)22(28)24(2,3)30-21-15-13-18(25)14-16-21/h5-7,11-16,19H,4,8-10,17H2,1-3H3. The van der Waals surface area contributed by atoms with E-state index in [9.17, 15) is 9.59 Å². The second-order valence-corrected chi connectivity index (χ2v) is 8.51. The number of piperidine rings is 1. The molecule has 30 heavy (non-hydrogen) atoms. The number of likely N-dealkylation sites (tertiary alicyclic amines) is 1. The minimum atomic E-state index is -1.25. The lowest BCUT2D eigenvalue weighted by molar-refractivity contribution is -0.130. The van der Waals surface area contributed by atoms with Crippen LogP contribution in [0.1, 0.15) is 46.5 Å². The summed E-state index contributed by atoms with van der Waals surface area (Å²) < 4.78 is 5.99. The molecule has 3 amide bonds. The van der Waals surface area contributed by atoms with Crippen molar-refractivity contribution < 1.29 is 14.3 Å². The highest BCUT2D eigenvalue weighted by Gasteiger charge is 2.41. The Balaban J connectivity index is 1.92. The molecule has 1 saturated heterocycles. The number of nitrogens with zero attached hydrogens (tertiary/aromatic N) is 2. The van der Waals surface area contributed by atoms with E-state index >= 15 is 0 Å². The number of anilines is 1. The van der Waals surface area contributed by atoms with Gasteiger partial charge in [0.05, 0.1) is 5.69 Å². The maximum absolute atomic E-state index is 13.6. The highest BCUT2D eigenvalue weighted by Crippen LogP contribution is 2.28. The molecular weight excluding hydrogens is 400 g/mol. The molecule has 1 heterocycles. The maximum Gasteiger partial charge on any atom is 0.331 e. The van der Waals surface area contributed by atoms with E-state index in [1.807, 2.05) is 23.1 Å². The van der Waals surface area contributed by atoms with Gasteiger partial charge in [-0.3, -0.25) is 4.79 Å². The van der Waals surface area contributed by atoms with E-state index in [-0.39, 0.29) is 12.1 Å². The zero-order chi connectivity index (χ0) is 21.7. The van der Waals surface area contributed by atoms with E-state index < -0.39 is 11.5 Å². The van der Waals surface area contributed by atoms with Crippen LogP contribution in [0.15, 0.2) is 54.6 Å². The topological polar surface area (TPSA) is 49.9 Å². The number of carbonyl (C=O) groups excluding carboxylic acids is 2. The average Bonchev–Trinajstić information content (AvgIpc) is 2.76. The molecule has 0 saturated carbocycles. The number of para-hydroxylation sites is 1. The molecule has 0 bridgehead atoms. The lowest BCUT2D eigenvalue weighted by atomic mass is 10.00. The van der Waals surface area contributed by atoms with Gasteiger partial charge in [0, 0.05) is 17.6 Å². The Labute approximate surface area is 183 Å². The normalized spacial score (nSPS) is 16.8. The summed E-state index contributed by atoms with van der Waals surface area (Å²) >= 11 is 5.95. The van der Waals surface area contributed by atoms with Gasteiger partial charge in [-0.25, -0.2) is 9.69 Å². The Kier molecular flexibility index (Phi) is 7.03. The summed E-state index contributed by atoms with van der Waals surface area (Å²) in [6.45, 7) is 6.10. The molecule has 0 aliphatic carbocycles. The van der Waals surface area contributed by atoms with Crippen molar-refractivity contribution in [2.75, 3.05) is 11.4 Å². The number of halogens is 1. The number of benzene rings is 2. The van der Waals surface area contributed by atoms with Crippen LogP contribution in [0.3, 0.4) is 0 Å². The number of hydrogen-bond acceptors (Lipinski definition) is 3. The van der Waals surface area contributed by atoms with Crippen molar-refractivity contribution in [2.45, 2.75) is 58.1 Å². The van der Waals surface area contributed by atoms with E-state index in [1.54, 1.807) is 50.2 Å². The molecule has 160 valence electrons. The Bertz CT molecular complexity index is 868. The molecule has 1 atom stereocenters. The highest BCUT2D eigenvalue weighted by molar-refractivity contribution is 6.30. The number of urea groups is 1. The monoisotopic (exact) mass is 428 g/mol. The lowest BCUT2D eigenvalue weighted by Gasteiger charge is -2.40. The van der Waals surface area contributed by atoms with Crippen molar-refractivity contribution in [1.82, 2.24) is 4.90 Å².